The normalized spacial score (nSPS) is 21.3. The monoisotopic (exact) mass is 177 g/mol. The standard InChI is InChI=1S/C11H15NO/c1-7-3-4-9-5-13-6-10(12)11(9)8(7)2/h3-4,10H,5-6,12H2,1-2H3/t10-/m0/s1. The van der Waals surface area contributed by atoms with Crippen LogP contribution in [0.15, 0.2) is 12.1 Å². The number of rotatable bonds is 0. The molecule has 0 aromatic heterocycles. The van der Waals surface area contributed by atoms with E-state index in [0.29, 0.717) is 13.2 Å². The molecule has 2 heteroatoms. The second-order valence-electron chi connectivity index (χ2n) is 3.70. The first kappa shape index (κ1) is 8.73. The molecule has 0 bridgehead atoms. The van der Waals surface area contributed by atoms with Gasteiger partial charge in [0.05, 0.1) is 19.3 Å². The summed E-state index contributed by atoms with van der Waals surface area (Å²) in [5, 5.41) is 0. The summed E-state index contributed by atoms with van der Waals surface area (Å²) in [5.74, 6) is 0. The van der Waals surface area contributed by atoms with Gasteiger partial charge in [-0.25, -0.2) is 0 Å². The van der Waals surface area contributed by atoms with Crippen LogP contribution in [-0.2, 0) is 11.3 Å². The molecule has 1 aromatic rings. The van der Waals surface area contributed by atoms with Gasteiger partial charge in [0.1, 0.15) is 0 Å². The molecule has 1 atom stereocenters. The number of aryl methyl sites for hydroxylation is 1. The molecule has 2 rings (SSSR count). The number of hydrogen-bond acceptors (Lipinski definition) is 2. The van der Waals surface area contributed by atoms with Crippen LogP contribution in [0.25, 0.3) is 0 Å². The molecule has 1 aliphatic heterocycles. The molecule has 0 radical (unpaired) electrons. The van der Waals surface area contributed by atoms with Gasteiger partial charge in [0.15, 0.2) is 0 Å². The fraction of sp³-hybridized carbons (Fsp3) is 0.455. The van der Waals surface area contributed by atoms with Crippen LogP contribution in [0.3, 0.4) is 0 Å². The molecule has 2 nitrogen and oxygen atoms in total. The van der Waals surface area contributed by atoms with Gasteiger partial charge in [-0.1, -0.05) is 12.1 Å². The van der Waals surface area contributed by atoms with Crippen LogP contribution in [0.4, 0.5) is 0 Å². The molecule has 70 valence electrons. The minimum atomic E-state index is 0.0589. The van der Waals surface area contributed by atoms with Crippen LogP contribution in [0, 0.1) is 13.8 Å². The summed E-state index contributed by atoms with van der Waals surface area (Å²) in [4.78, 5) is 0. The lowest BCUT2D eigenvalue weighted by Gasteiger charge is -2.25. The van der Waals surface area contributed by atoms with Gasteiger partial charge in [0.2, 0.25) is 0 Å². The minimum absolute atomic E-state index is 0.0589. The van der Waals surface area contributed by atoms with E-state index >= 15 is 0 Å². The fourth-order valence-electron chi connectivity index (χ4n) is 1.91. The van der Waals surface area contributed by atoms with Crippen LogP contribution in [-0.4, -0.2) is 6.61 Å². The molecular weight excluding hydrogens is 162 g/mol. The first-order valence-corrected chi connectivity index (χ1v) is 4.62. The third kappa shape index (κ3) is 1.36. The molecule has 1 aromatic carbocycles. The maximum absolute atomic E-state index is 5.99. The zero-order chi connectivity index (χ0) is 9.42. The molecule has 0 amide bonds. The maximum atomic E-state index is 5.99. The Hall–Kier alpha value is -0.860. The quantitative estimate of drug-likeness (QED) is 0.656. The van der Waals surface area contributed by atoms with Crippen molar-refractivity contribution in [2.45, 2.75) is 26.5 Å². The van der Waals surface area contributed by atoms with Gasteiger partial charge in [0.25, 0.3) is 0 Å². The van der Waals surface area contributed by atoms with Crippen molar-refractivity contribution in [3.05, 3.63) is 34.4 Å². The third-order valence-corrected chi connectivity index (χ3v) is 2.80. The van der Waals surface area contributed by atoms with Crippen molar-refractivity contribution in [1.82, 2.24) is 0 Å². The summed E-state index contributed by atoms with van der Waals surface area (Å²) in [6.45, 7) is 5.62. The Morgan fingerprint density at radius 3 is 2.92 bits per heavy atom. The van der Waals surface area contributed by atoms with Crippen LogP contribution >= 0.6 is 0 Å². The summed E-state index contributed by atoms with van der Waals surface area (Å²) in [6.07, 6.45) is 0. The predicted molar refractivity (Wildman–Crippen MR) is 52.5 cm³/mol. The number of benzene rings is 1. The molecule has 13 heavy (non-hydrogen) atoms. The van der Waals surface area contributed by atoms with Crippen molar-refractivity contribution in [2.24, 2.45) is 5.73 Å². The van der Waals surface area contributed by atoms with E-state index in [9.17, 15) is 0 Å². The van der Waals surface area contributed by atoms with Crippen LogP contribution < -0.4 is 5.73 Å². The van der Waals surface area contributed by atoms with E-state index in [0.717, 1.165) is 0 Å². The summed E-state index contributed by atoms with van der Waals surface area (Å²) < 4.78 is 5.38. The van der Waals surface area contributed by atoms with Crippen LogP contribution in [0.2, 0.25) is 0 Å². The average Bonchev–Trinajstić information content (AvgIpc) is 2.12. The van der Waals surface area contributed by atoms with Crippen molar-refractivity contribution in [3.63, 3.8) is 0 Å². The summed E-state index contributed by atoms with van der Waals surface area (Å²) >= 11 is 0. The van der Waals surface area contributed by atoms with E-state index in [1.165, 1.54) is 22.3 Å². The van der Waals surface area contributed by atoms with E-state index < -0.39 is 0 Å². The van der Waals surface area contributed by atoms with E-state index in [1.54, 1.807) is 0 Å². The molecule has 0 spiro atoms. The lowest BCUT2D eigenvalue weighted by atomic mass is 9.92. The van der Waals surface area contributed by atoms with Gasteiger partial charge in [-0.3, -0.25) is 0 Å². The van der Waals surface area contributed by atoms with E-state index in [1.807, 2.05) is 0 Å². The Bertz CT molecular complexity index is 333. The van der Waals surface area contributed by atoms with Crippen molar-refractivity contribution < 1.29 is 4.74 Å². The van der Waals surface area contributed by atoms with Crippen molar-refractivity contribution >= 4 is 0 Å². The number of hydrogen-bond donors (Lipinski definition) is 1. The van der Waals surface area contributed by atoms with Crippen molar-refractivity contribution in [1.29, 1.82) is 0 Å². The number of nitrogens with two attached hydrogens (primary N) is 1. The minimum Gasteiger partial charge on any atom is -0.375 e. The highest BCUT2D eigenvalue weighted by Crippen LogP contribution is 2.27. The van der Waals surface area contributed by atoms with Gasteiger partial charge in [-0.2, -0.15) is 0 Å². The molecule has 1 heterocycles. The smallest absolute Gasteiger partial charge is 0.0721 e. The maximum Gasteiger partial charge on any atom is 0.0721 e. The Labute approximate surface area is 78.7 Å². The molecule has 0 unspecified atom stereocenters. The Kier molecular flexibility index (Phi) is 2.10. The van der Waals surface area contributed by atoms with Crippen LogP contribution in [0.1, 0.15) is 28.3 Å². The Morgan fingerprint density at radius 1 is 1.38 bits per heavy atom. The van der Waals surface area contributed by atoms with Gasteiger partial charge in [0, 0.05) is 0 Å². The number of fused-ring (bicyclic) bond motifs is 1. The first-order chi connectivity index (χ1) is 6.20. The zero-order valence-electron chi connectivity index (χ0n) is 8.13. The molecule has 0 aliphatic carbocycles. The third-order valence-electron chi connectivity index (χ3n) is 2.80. The SMILES string of the molecule is Cc1ccc2c(c1C)[C@@H](N)COC2. The van der Waals surface area contributed by atoms with Crippen LogP contribution in [0.5, 0.6) is 0 Å². The lowest BCUT2D eigenvalue weighted by molar-refractivity contribution is 0.0921. The summed E-state index contributed by atoms with van der Waals surface area (Å²) in [7, 11) is 0. The highest BCUT2D eigenvalue weighted by molar-refractivity contribution is 5.42. The molecule has 0 saturated heterocycles. The van der Waals surface area contributed by atoms with Crippen molar-refractivity contribution in [2.75, 3.05) is 6.61 Å². The van der Waals surface area contributed by atoms with Gasteiger partial charge in [-0.15, -0.1) is 0 Å². The first-order valence-electron chi connectivity index (χ1n) is 4.62. The van der Waals surface area contributed by atoms with E-state index in [2.05, 4.69) is 26.0 Å². The highest BCUT2D eigenvalue weighted by atomic mass is 16.5. The average molecular weight is 177 g/mol. The highest BCUT2D eigenvalue weighted by Gasteiger charge is 2.19. The largest absolute Gasteiger partial charge is 0.375 e. The molecule has 0 fully saturated rings. The second-order valence-corrected chi connectivity index (χ2v) is 3.70. The topological polar surface area (TPSA) is 35.2 Å². The van der Waals surface area contributed by atoms with Gasteiger partial charge < -0.3 is 10.5 Å². The molecule has 1 aliphatic rings. The van der Waals surface area contributed by atoms with Gasteiger partial charge in [-0.05, 0) is 36.1 Å². The molecule has 0 saturated carbocycles. The molecular formula is C11H15NO. The lowest BCUT2D eigenvalue weighted by Crippen LogP contribution is -2.24. The second kappa shape index (κ2) is 3.13. The summed E-state index contributed by atoms with van der Waals surface area (Å²) in [6, 6.07) is 4.32. The Morgan fingerprint density at radius 2 is 2.15 bits per heavy atom. The van der Waals surface area contributed by atoms with E-state index in [-0.39, 0.29) is 6.04 Å². The number of ether oxygens (including phenoxy) is 1. The predicted octanol–water partition coefficient (Wildman–Crippen LogP) is 1.83. The fourth-order valence-corrected chi connectivity index (χ4v) is 1.91. The van der Waals surface area contributed by atoms with Crippen molar-refractivity contribution in [3.8, 4) is 0 Å². The Balaban J connectivity index is 2.58. The summed E-state index contributed by atoms with van der Waals surface area (Å²) in [5.41, 5.74) is 11.2. The zero-order valence-corrected chi connectivity index (χ0v) is 8.13. The molecule has 2 N–H and O–H groups in total. The van der Waals surface area contributed by atoms with Gasteiger partial charge >= 0.3 is 0 Å². The van der Waals surface area contributed by atoms with E-state index in [4.69, 9.17) is 10.5 Å².